The van der Waals surface area contributed by atoms with Crippen LogP contribution in [-0.2, 0) is 6.42 Å². The number of nitrogens with zero attached hydrogens (tertiary/aromatic N) is 1. The normalized spacial score (nSPS) is 12.1. The highest BCUT2D eigenvalue weighted by Gasteiger charge is 2.08. The van der Waals surface area contributed by atoms with Crippen molar-refractivity contribution >= 4 is 0 Å². The van der Waals surface area contributed by atoms with Gasteiger partial charge in [-0.15, -0.1) is 0 Å². The summed E-state index contributed by atoms with van der Waals surface area (Å²) >= 11 is 0. The molecular formula is C29H44FNO. The zero-order valence-electron chi connectivity index (χ0n) is 20.5. The lowest BCUT2D eigenvalue weighted by Gasteiger charge is -2.11. The van der Waals surface area contributed by atoms with Gasteiger partial charge in [0.25, 0.3) is 0 Å². The molecule has 0 unspecified atom stereocenters. The predicted octanol–water partition coefficient (Wildman–Crippen LogP) is 9.12. The largest absolute Gasteiger partial charge is 0.489 e. The molecule has 178 valence electrons. The van der Waals surface area contributed by atoms with Crippen molar-refractivity contribution in [2.75, 3.05) is 6.61 Å². The van der Waals surface area contributed by atoms with Crippen LogP contribution in [0.1, 0.15) is 103 Å². The van der Waals surface area contributed by atoms with E-state index in [0.717, 1.165) is 30.5 Å². The Morgan fingerprint density at radius 2 is 1.38 bits per heavy atom. The zero-order chi connectivity index (χ0) is 22.9. The van der Waals surface area contributed by atoms with Gasteiger partial charge >= 0.3 is 0 Å². The second kappa shape index (κ2) is 16.7. The Labute approximate surface area is 196 Å². The number of hydrogen-bond donors (Lipinski definition) is 0. The SMILES string of the molecule is CCCCCCCCc1ccc(-c2ccc(OC[C@@H](F)CCCCCCCC)cn2)cc1. The molecule has 0 radical (unpaired) electrons. The fourth-order valence-electron chi connectivity index (χ4n) is 4.00. The number of unbranched alkanes of at least 4 members (excludes halogenated alkanes) is 10. The van der Waals surface area contributed by atoms with Gasteiger partial charge in [0.15, 0.2) is 0 Å². The molecule has 2 rings (SSSR count). The summed E-state index contributed by atoms with van der Waals surface area (Å²) in [5, 5.41) is 0. The second-order valence-corrected chi connectivity index (χ2v) is 9.06. The number of halogens is 1. The van der Waals surface area contributed by atoms with Gasteiger partial charge in [-0.1, -0.05) is 109 Å². The van der Waals surface area contributed by atoms with Crippen LogP contribution in [0.25, 0.3) is 11.3 Å². The average Bonchev–Trinajstić information content (AvgIpc) is 2.83. The Morgan fingerprint density at radius 1 is 0.750 bits per heavy atom. The smallest absolute Gasteiger partial charge is 0.137 e. The first-order valence-electron chi connectivity index (χ1n) is 13.0. The van der Waals surface area contributed by atoms with Crippen LogP contribution in [-0.4, -0.2) is 17.8 Å². The van der Waals surface area contributed by atoms with Crippen molar-refractivity contribution in [2.45, 2.75) is 110 Å². The lowest BCUT2D eigenvalue weighted by atomic mass is 10.0. The number of alkyl halides is 1. The summed E-state index contributed by atoms with van der Waals surface area (Å²) < 4.78 is 19.7. The summed E-state index contributed by atoms with van der Waals surface area (Å²) in [5.41, 5.74) is 3.42. The number of aryl methyl sites for hydroxylation is 1. The first kappa shape index (κ1) is 26.4. The summed E-state index contributed by atoms with van der Waals surface area (Å²) in [5.74, 6) is 0.638. The van der Waals surface area contributed by atoms with Crippen molar-refractivity contribution in [1.29, 1.82) is 0 Å². The molecule has 0 saturated carbocycles. The van der Waals surface area contributed by atoms with Gasteiger partial charge in [-0.05, 0) is 37.0 Å². The molecule has 2 aromatic rings. The van der Waals surface area contributed by atoms with Crippen LogP contribution >= 0.6 is 0 Å². The van der Waals surface area contributed by atoms with Crippen molar-refractivity contribution in [2.24, 2.45) is 0 Å². The predicted molar refractivity (Wildman–Crippen MR) is 135 cm³/mol. The molecule has 1 atom stereocenters. The molecule has 3 heteroatoms. The lowest BCUT2D eigenvalue weighted by Crippen LogP contribution is -2.12. The van der Waals surface area contributed by atoms with Crippen molar-refractivity contribution in [3.05, 3.63) is 48.2 Å². The number of aromatic nitrogens is 1. The van der Waals surface area contributed by atoms with Gasteiger partial charge in [0, 0.05) is 5.56 Å². The minimum absolute atomic E-state index is 0.114. The highest BCUT2D eigenvalue weighted by molar-refractivity contribution is 5.59. The minimum atomic E-state index is -0.903. The molecule has 0 amide bonds. The van der Waals surface area contributed by atoms with E-state index in [1.165, 1.54) is 69.8 Å². The fourth-order valence-corrected chi connectivity index (χ4v) is 4.00. The maximum Gasteiger partial charge on any atom is 0.137 e. The minimum Gasteiger partial charge on any atom is -0.489 e. The van der Waals surface area contributed by atoms with E-state index in [1.807, 2.05) is 12.1 Å². The summed E-state index contributed by atoms with van der Waals surface area (Å²) in [6, 6.07) is 12.6. The molecule has 0 aliphatic heterocycles. The first-order chi connectivity index (χ1) is 15.7. The van der Waals surface area contributed by atoms with Crippen LogP contribution in [0.3, 0.4) is 0 Å². The molecule has 0 bridgehead atoms. The van der Waals surface area contributed by atoms with Gasteiger partial charge < -0.3 is 4.74 Å². The summed E-state index contributed by atoms with van der Waals surface area (Å²) in [4.78, 5) is 4.52. The third-order valence-electron chi connectivity index (χ3n) is 6.11. The van der Waals surface area contributed by atoms with Crippen LogP contribution in [0, 0.1) is 0 Å². The van der Waals surface area contributed by atoms with E-state index in [4.69, 9.17) is 4.74 Å². The summed E-state index contributed by atoms with van der Waals surface area (Å²) in [6.07, 6.45) is 17.6. The Kier molecular flexibility index (Phi) is 13.7. The van der Waals surface area contributed by atoms with Crippen molar-refractivity contribution in [3.63, 3.8) is 0 Å². The molecule has 0 fully saturated rings. The van der Waals surface area contributed by atoms with Gasteiger partial charge in [0.2, 0.25) is 0 Å². The molecule has 1 heterocycles. The molecular weight excluding hydrogens is 397 g/mol. The van der Waals surface area contributed by atoms with Crippen LogP contribution < -0.4 is 4.74 Å². The van der Waals surface area contributed by atoms with E-state index < -0.39 is 6.17 Å². The van der Waals surface area contributed by atoms with E-state index in [9.17, 15) is 4.39 Å². The standard InChI is InChI=1S/C29H44FNO/c1-3-5-7-9-11-13-15-25-17-19-26(20-18-25)29-22-21-28(23-31-29)32-24-27(30)16-14-12-10-8-6-4-2/h17-23,27H,3-16,24H2,1-2H3/t27-/m0/s1. The molecule has 0 N–H and O–H groups in total. The Hall–Kier alpha value is -1.90. The van der Waals surface area contributed by atoms with Crippen LogP contribution in [0.4, 0.5) is 4.39 Å². The van der Waals surface area contributed by atoms with E-state index in [0.29, 0.717) is 12.2 Å². The number of pyridine rings is 1. The van der Waals surface area contributed by atoms with Gasteiger partial charge in [-0.3, -0.25) is 4.98 Å². The second-order valence-electron chi connectivity index (χ2n) is 9.06. The van der Waals surface area contributed by atoms with Crippen LogP contribution in [0.2, 0.25) is 0 Å². The van der Waals surface area contributed by atoms with Gasteiger partial charge in [-0.2, -0.15) is 0 Å². The average molecular weight is 442 g/mol. The van der Waals surface area contributed by atoms with Gasteiger partial charge in [0.05, 0.1) is 11.9 Å². The first-order valence-corrected chi connectivity index (χ1v) is 13.0. The summed E-state index contributed by atoms with van der Waals surface area (Å²) in [6.45, 7) is 4.58. The summed E-state index contributed by atoms with van der Waals surface area (Å²) in [7, 11) is 0. The number of rotatable bonds is 18. The van der Waals surface area contributed by atoms with Gasteiger partial charge in [0.1, 0.15) is 18.5 Å². The topological polar surface area (TPSA) is 22.1 Å². The van der Waals surface area contributed by atoms with E-state index >= 15 is 0 Å². The van der Waals surface area contributed by atoms with Crippen molar-refractivity contribution in [1.82, 2.24) is 4.98 Å². The molecule has 32 heavy (non-hydrogen) atoms. The van der Waals surface area contributed by atoms with Crippen molar-refractivity contribution in [3.8, 4) is 17.0 Å². The molecule has 0 aliphatic carbocycles. The molecule has 2 nitrogen and oxygen atoms in total. The fraction of sp³-hybridized carbons (Fsp3) is 0.621. The van der Waals surface area contributed by atoms with E-state index in [2.05, 4.69) is 43.1 Å². The van der Waals surface area contributed by atoms with E-state index in [-0.39, 0.29) is 6.61 Å². The number of hydrogen-bond acceptors (Lipinski definition) is 2. The maximum atomic E-state index is 14.1. The Balaban J connectivity index is 1.67. The Bertz CT molecular complexity index is 698. The molecule has 0 aliphatic rings. The van der Waals surface area contributed by atoms with Crippen LogP contribution in [0.5, 0.6) is 5.75 Å². The highest BCUT2D eigenvalue weighted by Crippen LogP contribution is 2.21. The quantitative estimate of drug-likeness (QED) is 0.215. The molecule has 1 aromatic heterocycles. The lowest BCUT2D eigenvalue weighted by molar-refractivity contribution is 0.183. The molecule has 0 saturated heterocycles. The maximum absolute atomic E-state index is 14.1. The third-order valence-corrected chi connectivity index (χ3v) is 6.11. The van der Waals surface area contributed by atoms with Crippen LogP contribution in [0.15, 0.2) is 42.6 Å². The number of ether oxygens (including phenoxy) is 1. The van der Waals surface area contributed by atoms with E-state index in [1.54, 1.807) is 6.20 Å². The van der Waals surface area contributed by atoms with Crippen molar-refractivity contribution < 1.29 is 9.13 Å². The molecule has 1 aromatic carbocycles. The zero-order valence-corrected chi connectivity index (χ0v) is 20.5. The molecule has 0 spiro atoms. The highest BCUT2D eigenvalue weighted by atomic mass is 19.1. The third kappa shape index (κ3) is 11.1. The monoisotopic (exact) mass is 441 g/mol. The van der Waals surface area contributed by atoms with Gasteiger partial charge in [-0.25, -0.2) is 4.39 Å². The Morgan fingerprint density at radius 3 is 2.00 bits per heavy atom. The number of benzene rings is 1.